The van der Waals surface area contributed by atoms with E-state index in [9.17, 15) is 9.18 Å². The van der Waals surface area contributed by atoms with Crippen LogP contribution in [0.25, 0.3) is 10.9 Å². The van der Waals surface area contributed by atoms with Crippen LogP contribution >= 0.6 is 11.6 Å². The molecule has 2 heterocycles. The summed E-state index contributed by atoms with van der Waals surface area (Å²) in [7, 11) is 2.15. The quantitative estimate of drug-likeness (QED) is 0.478. The summed E-state index contributed by atoms with van der Waals surface area (Å²) in [6, 6.07) is 10.5. The van der Waals surface area contributed by atoms with E-state index in [0.29, 0.717) is 12.2 Å². The lowest BCUT2D eigenvalue weighted by Crippen LogP contribution is -2.71. The molecule has 3 saturated carbocycles. The topological polar surface area (TPSA) is 70.6 Å². The van der Waals surface area contributed by atoms with Crippen LogP contribution in [0.5, 0.6) is 5.75 Å². The molecule has 0 amide bonds. The van der Waals surface area contributed by atoms with Crippen molar-refractivity contribution >= 4 is 39.8 Å². The number of nitrogens with zero attached hydrogens (tertiary/aromatic N) is 4. The van der Waals surface area contributed by atoms with E-state index in [0.717, 1.165) is 67.8 Å². The average Bonchev–Trinajstić information content (AvgIpc) is 2.83. The van der Waals surface area contributed by atoms with E-state index < -0.39 is 5.82 Å². The molecule has 0 radical (unpaired) electrons. The number of benzene rings is 2. The maximum absolute atomic E-state index is 13.6. The van der Waals surface area contributed by atoms with Gasteiger partial charge in [0.05, 0.1) is 10.5 Å². The van der Waals surface area contributed by atoms with Crippen molar-refractivity contribution in [2.45, 2.75) is 31.2 Å². The molecule has 0 atom stereocenters. The first-order valence-electron chi connectivity index (χ1n) is 12.4. The highest BCUT2D eigenvalue weighted by molar-refractivity contribution is 6.30. The lowest BCUT2D eigenvalue weighted by atomic mass is 9.38. The SMILES string of the molecule is CN1CCN(c2ncnc3ccc(NC45CC(CC(=O)COc6ccc(Cl)c(F)c6)(C4)C5)cc23)CC1. The van der Waals surface area contributed by atoms with Gasteiger partial charge in [-0.3, -0.25) is 4.79 Å². The molecule has 4 aliphatic rings. The van der Waals surface area contributed by atoms with Gasteiger partial charge in [0.25, 0.3) is 0 Å². The highest BCUT2D eigenvalue weighted by atomic mass is 35.5. The lowest BCUT2D eigenvalue weighted by molar-refractivity contribution is -0.147. The summed E-state index contributed by atoms with van der Waals surface area (Å²) in [4.78, 5) is 26.3. The molecule has 7 rings (SSSR count). The number of hydrogen-bond acceptors (Lipinski definition) is 7. The summed E-state index contributed by atoms with van der Waals surface area (Å²) in [6.45, 7) is 3.90. The number of Topliss-reactive ketones (excluding diaryl/α,β-unsaturated/α-hetero) is 1. The number of ether oxygens (including phenoxy) is 1. The van der Waals surface area contributed by atoms with E-state index in [1.165, 1.54) is 12.1 Å². The molecule has 0 spiro atoms. The maximum atomic E-state index is 13.6. The molecular weight excluding hydrogens is 481 g/mol. The Balaban J connectivity index is 1.06. The molecule has 9 heteroatoms. The number of aromatic nitrogens is 2. The molecule has 36 heavy (non-hydrogen) atoms. The normalized spacial score (nSPS) is 25.2. The fourth-order valence-corrected chi connectivity index (χ4v) is 6.33. The zero-order chi connectivity index (χ0) is 24.9. The van der Waals surface area contributed by atoms with Gasteiger partial charge in [0.2, 0.25) is 0 Å². The van der Waals surface area contributed by atoms with Crippen LogP contribution in [-0.4, -0.2) is 66.0 Å². The number of rotatable bonds is 8. The molecule has 3 aromatic rings. The molecule has 2 bridgehead atoms. The van der Waals surface area contributed by atoms with Gasteiger partial charge in [-0.05, 0) is 62.1 Å². The number of hydrogen-bond donors (Lipinski definition) is 1. The van der Waals surface area contributed by atoms with Crippen molar-refractivity contribution in [2.75, 3.05) is 50.1 Å². The van der Waals surface area contributed by atoms with Crippen LogP contribution in [0.1, 0.15) is 25.7 Å². The van der Waals surface area contributed by atoms with Crippen molar-refractivity contribution in [3.63, 3.8) is 0 Å². The van der Waals surface area contributed by atoms with E-state index in [-0.39, 0.29) is 28.4 Å². The van der Waals surface area contributed by atoms with Crippen LogP contribution < -0.4 is 15.0 Å². The lowest BCUT2D eigenvalue weighted by Gasteiger charge is -2.71. The summed E-state index contributed by atoms with van der Waals surface area (Å²) >= 11 is 5.70. The van der Waals surface area contributed by atoms with Gasteiger partial charge in [0.1, 0.15) is 30.3 Å². The minimum atomic E-state index is -0.551. The molecule has 4 fully saturated rings. The Morgan fingerprint density at radius 1 is 1.11 bits per heavy atom. The second-order valence-electron chi connectivity index (χ2n) is 10.7. The molecule has 1 aromatic heterocycles. The summed E-state index contributed by atoms with van der Waals surface area (Å²) in [5.41, 5.74) is 2.13. The Hall–Kier alpha value is -2.97. The molecule has 188 valence electrons. The molecule has 3 aliphatic carbocycles. The Kier molecular flexibility index (Phi) is 5.76. The number of ketones is 1. The Morgan fingerprint density at radius 2 is 1.89 bits per heavy atom. The Bertz CT molecular complexity index is 1310. The minimum Gasteiger partial charge on any atom is -0.486 e. The first-order chi connectivity index (χ1) is 17.3. The highest BCUT2D eigenvalue weighted by Gasteiger charge is 2.68. The van der Waals surface area contributed by atoms with E-state index in [4.69, 9.17) is 16.3 Å². The van der Waals surface area contributed by atoms with Crippen LogP contribution in [0.3, 0.4) is 0 Å². The van der Waals surface area contributed by atoms with Gasteiger partial charge in [-0.1, -0.05) is 11.6 Å². The largest absolute Gasteiger partial charge is 0.486 e. The zero-order valence-corrected chi connectivity index (χ0v) is 21.0. The van der Waals surface area contributed by atoms with Gasteiger partial charge in [-0.15, -0.1) is 0 Å². The molecule has 2 aromatic carbocycles. The predicted octanol–water partition coefficient (Wildman–Crippen LogP) is 4.55. The third-order valence-electron chi connectivity index (χ3n) is 7.83. The van der Waals surface area contributed by atoms with Crippen molar-refractivity contribution in [3.05, 3.63) is 53.6 Å². The molecule has 0 unspecified atom stereocenters. The molecule has 1 N–H and O–H groups in total. The maximum Gasteiger partial charge on any atom is 0.170 e. The second kappa shape index (κ2) is 8.85. The number of piperazine rings is 1. The van der Waals surface area contributed by atoms with Crippen LogP contribution in [0.4, 0.5) is 15.9 Å². The van der Waals surface area contributed by atoms with Crippen molar-refractivity contribution in [1.29, 1.82) is 0 Å². The van der Waals surface area contributed by atoms with Gasteiger partial charge in [-0.25, -0.2) is 14.4 Å². The molecule has 1 aliphatic heterocycles. The standard InChI is InChI=1S/C27H29ClFN5O2/c1-33-6-8-34(9-7-33)25-21-10-18(2-5-24(21)30-17-31-25)32-27-14-26(15-27,16-27)12-19(35)13-36-20-3-4-22(28)23(29)11-20/h2-5,10-11,17,32H,6-9,12-16H2,1H3. The van der Waals surface area contributed by atoms with Crippen LogP contribution in [0.15, 0.2) is 42.7 Å². The number of nitrogens with one attached hydrogen (secondary N) is 1. The molecule has 1 saturated heterocycles. The molecule has 7 nitrogen and oxygen atoms in total. The van der Waals surface area contributed by atoms with Gasteiger partial charge in [-0.2, -0.15) is 0 Å². The first kappa shape index (κ1) is 23.4. The van der Waals surface area contributed by atoms with Crippen molar-refractivity contribution in [3.8, 4) is 5.75 Å². The summed E-state index contributed by atoms with van der Waals surface area (Å²) in [5, 5.41) is 4.84. The second-order valence-corrected chi connectivity index (χ2v) is 11.1. The summed E-state index contributed by atoms with van der Waals surface area (Å²) in [5.74, 6) is 0.803. The number of carbonyl (C=O) groups is 1. The van der Waals surface area contributed by atoms with Gasteiger partial charge >= 0.3 is 0 Å². The van der Waals surface area contributed by atoms with Crippen molar-refractivity contribution in [2.24, 2.45) is 5.41 Å². The zero-order valence-electron chi connectivity index (χ0n) is 20.3. The number of likely N-dealkylation sites (N-methyl/N-ethyl adjacent to an activating group) is 1. The van der Waals surface area contributed by atoms with E-state index >= 15 is 0 Å². The van der Waals surface area contributed by atoms with Crippen LogP contribution in [0, 0.1) is 11.2 Å². The Morgan fingerprint density at radius 3 is 2.64 bits per heavy atom. The fraction of sp³-hybridized carbons (Fsp3) is 0.444. The van der Waals surface area contributed by atoms with E-state index in [1.807, 2.05) is 0 Å². The fourth-order valence-electron chi connectivity index (χ4n) is 6.22. The number of carbonyl (C=O) groups excluding carboxylic acids is 1. The smallest absolute Gasteiger partial charge is 0.170 e. The Labute approximate surface area is 214 Å². The van der Waals surface area contributed by atoms with Gasteiger partial charge in [0.15, 0.2) is 5.78 Å². The summed E-state index contributed by atoms with van der Waals surface area (Å²) < 4.78 is 19.1. The first-order valence-corrected chi connectivity index (χ1v) is 12.8. The average molecular weight is 510 g/mol. The monoisotopic (exact) mass is 509 g/mol. The third-order valence-corrected chi connectivity index (χ3v) is 8.14. The van der Waals surface area contributed by atoms with Crippen molar-refractivity contribution < 1.29 is 13.9 Å². The van der Waals surface area contributed by atoms with Gasteiger partial charge in [0, 0.05) is 55.3 Å². The minimum absolute atomic E-state index is 0.0369. The van der Waals surface area contributed by atoms with E-state index in [1.54, 1.807) is 12.4 Å². The third kappa shape index (κ3) is 4.37. The predicted molar refractivity (Wildman–Crippen MR) is 138 cm³/mol. The number of anilines is 2. The summed E-state index contributed by atoms with van der Waals surface area (Å²) in [6.07, 6.45) is 5.05. The van der Waals surface area contributed by atoms with Crippen LogP contribution in [-0.2, 0) is 4.79 Å². The highest BCUT2D eigenvalue weighted by Crippen LogP contribution is 2.70. The van der Waals surface area contributed by atoms with Crippen molar-refractivity contribution in [1.82, 2.24) is 14.9 Å². The molecular formula is C27H29ClFN5O2. The number of halogens is 2. The van der Waals surface area contributed by atoms with Gasteiger partial charge < -0.3 is 19.9 Å². The number of fused-ring (bicyclic) bond motifs is 1. The van der Waals surface area contributed by atoms with Crippen LogP contribution in [0.2, 0.25) is 5.02 Å². The van der Waals surface area contributed by atoms with E-state index in [2.05, 4.69) is 50.3 Å².